The monoisotopic (exact) mass is 243 g/mol. The summed E-state index contributed by atoms with van der Waals surface area (Å²) < 4.78 is 12.9. The lowest BCUT2D eigenvalue weighted by atomic mass is 9.95. The maximum absolute atomic E-state index is 12.9. The van der Waals surface area contributed by atoms with Gasteiger partial charge >= 0.3 is 0 Å². The molecule has 0 radical (unpaired) electrons. The van der Waals surface area contributed by atoms with E-state index in [9.17, 15) is 4.39 Å². The summed E-state index contributed by atoms with van der Waals surface area (Å²) in [5, 5.41) is 0. The van der Waals surface area contributed by atoms with Crippen molar-refractivity contribution in [1.82, 2.24) is 0 Å². The minimum atomic E-state index is -0.207. The molecular weight excluding hydrogens is 225 g/mol. The van der Waals surface area contributed by atoms with Crippen molar-refractivity contribution in [2.75, 3.05) is 0 Å². The fourth-order valence-electron chi connectivity index (χ4n) is 2.04. The summed E-state index contributed by atoms with van der Waals surface area (Å²) in [6, 6.07) is 14.9. The molecule has 2 N–H and O–H groups in total. The molecule has 0 aromatic heterocycles. The molecule has 0 heterocycles. The molecule has 0 fully saturated rings. The van der Waals surface area contributed by atoms with Gasteiger partial charge in [0.15, 0.2) is 0 Å². The number of halogens is 1. The summed E-state index contributed by atoms with van der Waals surface area (Å²) in [4.78, 5) is 0. The highest BCUT2D eigenvalue weighted by Crippen LogP contribution is 2.25. The molecule has 1 atom stereocenters. The Hall–Kier alpha value is -1.67. The molecule has 0 aliphatic carbocycles. The molecule has 1 unspecified atom stereocenters. The zero-order valence-corrected chi connectivity index (χ0v) is 10.6. The third kappa shape index (κ3) is 2.96. The van der Waals surface area contributed by atoms with Gasteiger partial charge in [0.05, 0.1) is 0 Å². The number of hydrogen-bond donors (Lipinski definition) is 1. The molecule has 0 aliphatic rings. The van der Waals surface area contributed by atoms with Crippen molar-refractivity contribution in [2.24, 2.45) is 5.73 Å². The van der Waals surface area contributed by atoms with Gasteiger partial charge in [-0.1, -0.05) is 43.3 Å². The Bertz CT molecular complexity index is 505. The molecule has 0 aliphatic heterocycles. The topological polar surface area (TPSA) is 26.0 Å². The van der Waals surface area contributed by atoms with Gasteiger partial charge in [0.25, 0.3) is 0 Å². The van der Waals surface area contributed by atoms with Crippen molar-refractivity contribution in [3.63, 3.8) is 0 Å². The van der Waals surface area contributed by atoms with Gasteiger partial charge in [-0.2, -0.15) is 0 Å². The number of rotatable bonds is 4. The summed E-state index contributed by atoms with van der Waals surface area (Å²) in [6.07, 6.45) is 1.81. The molecule has 0 saturated heterocycles. The van der Waals surface area contributed by atoms with Gasteiger partial charge in [-0.3, -0.25) is 0 Å². The molecule has 2 aromatic rings. The van der Waals surface area contributed by atoms with Crippen LogP contribution in [0, 0.1) is 5.82 Å². The van der Waals surface area contributed by atoms with Crippen LogP contribution in [0.5, 0.6) is 0 Å². The van der Waals surface area contributed by atoms with Gasteiger partial charge in [0, 0.05) is 6.04 Å². The molecule has 2 aromatic carbocycles. The normalized spacial score (nSPS) is 12.4. The summed E-state index contributed by atoms with van der Waals surface area (Å²) in [5.74, 6) is -0.207. The Morgan fingerprint density at radius 1 is 1.06 bits per heavy atom. The Kier molecular flexibility index (Phi) is 4.11. The first-order valence-corrected chi connectivity index (χ1v) is 6.30. The highest BCUT2D eigenvalue weighted by molar-refractivity contribution is 5.67. The van der Waals surface area contributed by atoms with Gasteiger partial charge in [-0.25, -0.2) is 4.39 Å². The molecule has 0 bridgehead atoms. The van der Waals surface area contributed by atoms with Crippen LogP contribution in [0.15, 0.2) is 48.5 Å². The first-order valence-electron chi connectivity index (χ1n) is 6.30. The van der Waals surface area contributed by atoms with Crippen LogP contribution in [0.3, 0.4) is 0 Å². The Morgan fingerprint density at radius 2 is 1.72 bits per heavy atom. The SMILES string of the molecule is CCC(N)Cc1ccccc1-c1ccc(F)cc1. The van der Waals surface area contributed by atoms with E-state index in [0.29, 0.717) is 0 Å². The maximum Gasteiger partial charge on any atom is 0.123 e. The molecule has 0 amide bonds. The number of benzene rings is 2. The largest absolute Gasteiger partial charge is 0.327 e. The van der Waals surface area contributed by atoms with E-state index in [2.05, 4.69) is 19.1 Å². The van der Waals surface area contributed by atoms with Gasteiger partial charge < -0.3 is 5.73 Å². The van der Waals surface area contributed by atoms with E-state index in [1.165, 1.54) is 17.7 Å². The van der Waals surface area contributed by atoms with E-state index in [0.717, 1.165) is 24.0 Å². The van der Waals surface area contributed by atoms with Crippen LogP contribution in [0.25, 0.3) is 11.1 Å². The van der Waals surface area contributed by atoms with Gasteiger partial charge in [-0.15, -0.1) is 0 Å². The molecule has 18 heavy (non-hydrogen) atoms. The van der Waals surface area contributed by atoms with Crippen LogP contribution >= 0.6 is 0 Å². The summed E-state index contributed by atoms with van der Waals surface area (Å²) in [5.41, 5.74) is 9.41. The van der Waals surface area contributed by atoms with Crippen molar-refractivity contribution >= 4 is 0 Å². The average Bonchev–Trinajstić information content (AvgIpc) is 2.40. The maximum atomic E-state index is 12.9. The highest BCUT2D eigenvalue weighted by Gasteiger charge is 2.08. The second kappa shape index (κ2) is 5.78. The van der Waals surface area contributed by atoms with Gasteiger partial charge in [-0.05, 0) is 41.7 Å². The zero-order valence-electron chi connectivity index (χ0n) is 10.6. The second-order valence-corrected chi connectivity index (χ2v) is 4.54. The fourth-order valence-corrected chi connectivity index (χ4v) is 2.04. The van der Waals surface area contributed by atoms with Crippen molar-refractivity contribution in [2.45, 2.75) is 25.8 Å². The predicted molar refractivity (Wildman–Crippen MR) is 73.8 cm³/mol. The van der Waals surface area contributed by atoms with Crippen LogP contribution in [-0.4, -0.2) is 6.04 Å². The third-order valence-corrected chi connectivity index (χ3v) is 3.18. The molecule has 1 nitrogen and oxygen atoms in total. The molecule has 2 heteroatoms. The van der Waals surface area contributed by atoms with E-state index in [-0.39, 0.29) is 11.9 Å². The summed E-state index contributed by atoms with van der Waals surface area (Å²) in [7, 11) is 0. The van der Waals surface area contributed by atoms with Crippen molar-refractivity contribution in [3.05, 3.63) is 59.9 Å². The van der Waals surface area contributed by atoms with Gasteiger partial charge in [0.1, 0.15) is 5.82 Å². The molecule has 0 spiro atoms. The van der Waals surface area contributed by atoms with Crippen LogP contribution in [0.1, 0.15) is 18.9 Å². The predicted octanol–water partition coefficient (Wildman–Crippen LogP) is 3.77. The smallest absolute Gasteiger partial charge is 0.123 e. The van der Waals surface area contributed by atoms with Crippen molar-refractivity contribution < 1.29 is 4.39 Å². The minimum Gasteiger partial charge on any atom is -0.327 e. The summed E-state index contributed by atoms with van der Waals surface area (Å²) >= 11 is 0. The Labute approximate surface area is 107 Å². The van der Waals surface area contributed by atoms with Crippen LogP contribution < -0.4 is 5.73 Å². The molecule has 94 valence electrons. The summed E-state index contributed by atoms with van der Waals surface area (Å²) in [6.45, 7) is 2.09. The lowest BCUT2D eigenvalue weighted by molar-refractivity contribution is 0.628. The van der Waals surface area contributed by atoms with E-state index < -0.39 is 0 Å². The van der Waals surface area contributed by atoms with E-state index in [1.54, 1.807) is 0 Å². The lowest BCUT2D eigenvalue weighted by Crippen LogP contribution is -2.21. The fraction of sp³-hybridized carbons (Fsp3) is 0.250. The number of nitrogens with two attached hydrogens (primary N) is 1. The Morgan fingerprint density at radius 3 is 2.39 bits per heavy atom. The minimum absolute atomic E-state index is 0.173. The van der Waals surface area contributed by atoms with E-state index >= 15 is 0 Å². The van der Waals surface area contributed by atoms with E-state index in [4.69, 9.17) is 5.73 Å². The van der Waals surface area contributed by atoms with Crippen molar-refractivity contribution in [3.8, 4) is 11.1 Å². The molecule has 0 saturated carbocycles. The molecular formula is C16H18FN. The quantitative estimate of drug-likeness (QED) is 0.869. The molecule has 2 rings (SSSR count). The van der Waals surface area contributed by atoms with E-state index in [1.807, 2.05) is 24.3 Å². The average molecular weight is 243 g/mol. The Balaban J connectivity index is 2.35. The van der Waals surface area contributed by atoms with Gasteiger partial charge in [0.2, 0.25) is 0 Å². The third-order valence-electron chi connectivity index (χ3n) is 3.18. The zero-order chi connectivity index (χ0) is 13.0. The van der Waals surface area contributed by atoms with Crippen LogP contribution in [0.2, 0.25) is 0 Å². The standard InChI is InChI=1S/C16H18FN/c1-2-15(18)11-13-5-3-4-6-16(13)12-7-9-14(17)10-8-12/h3-10,15H,2,11,18H2,1H3. The second-order valence-electron chi connectivity index (χ2n) is 4.54. The van der Waals surface area contributed by atoms with Crippen LogP contribution in [-0.2, 0) is 6.42 Å². The van der Waals surface area contributed by atoms with Crippen LogP contribution in [0.4, 0.5) is 4.39 Å². The highest BCUT2D eigenvalue weighted by atomic mass is 19.1. The van der Waals surface area contributed by atoms with Crippen molar-refractivity contribution in [1.29, 1.82) is 0 Å². The lowest BCUT2D eigenvalue weighted by Gasteiger charge is -2.13. The first-order chi connectivity index (χ1) is 8.70. The first kappa shape index (κ1) is 12.8. The number of hydrogen-bond acceptors (Lipinski definition) is 1.